The third-order valence-corrected chi connectivity index (χ3v) is 2.62. The molecule has 0 aliphatic carbocycles. The van der Waals surface area contributed by atoms with Gasteiger partial charge in [0.15, 0.2) is 0 Å². The van der Waals surface area contributed by atoms with E-state index in [2.05, 4.69) is 0 Å². The molecule has 1 aromatic rings. The number of benzene rings is 1. The van der Waals surface area contributed by atoms with Gasteiger partial charge < -0.3 is 10.5 Å². The van der Waals surface area contributed by atoms with Crippen molar-refractivity contribution >= 4 is 0 Å². The van der Waals surface area contributed by atoms with Crippen LogP contribution >= 0.6 is 0 Å². The summed E-state index contributed by atoms with van der Waals surface area (Å²) in [6.07, 6.45) is -1.11. The van der Waals surface area contributed by atoms with E-state index in [0.29, 0.717) is 17.9 Å². The van der Waals surface area contributed by atoms with Crippen LogP contribution in [0.5, 0.6) is 5.75 Å². The normalized spacial score (nSPS) is 13.7. The van der Waals surface area contributed by atoms with Crippen molar-refractivity contribution in [2.75, 3.05) is 13.7 Å². The molecule has 1 unspecified atom stereocenters. The molecule has 0 spiro atoms. The van der Waals surface area contributed by atoms with Crippen LogP contribution in [0.2, 0.25) is 0 Å². The summed E-state index contributed by atoms with van der Waals surface area (Å²) in [5.41, 5.74) is 5.55. The van der Waals surface area contributed by atoms with E-state index in [1.54, 1.807) is 25.3 Å². The molecule has 3 heteroatoms. The molecule has 0 bridgehead atoms. The molecule has 2 N–H and O–H groups in total. The van der Waals surface area contributed by atoms with Crippen LogP contribution in [0.3, 0.4) is 0 Å². The molecule has 0 saturated heterocycles. The average Bonchev–Trinajstić information content (AvgIpc) is 2.28. The smallest absolute Gasteiger partial charge is 0.135 e. The molecule has 0 heterocycles. The Morgan fingerprint density at radius 3 is 2.53 bits per heavy atom. The van der Waals surface area contributed by atoms with Crippen molar-refractivity contribution in [1.29, 1.82) is 0 Å². The first-order valence-corrected chi connectivity index (χ1v) is 5.00. The fourth-order valence-corrected chi connectivity index (χ4v) is 1.40. The van der Waals surface area contributed by atoms with Crippen LogP contribution in [0.25, 0.3) is 0 Å². The van der Waals surface area contributed by atoms with Crippen LogP contribution in [0.1, 0.15) is 25.6 Å². The number of para-hydroxylation sites is 1. The van der Waals surface area contributed by atoms with Gasteiger partial charge in [0, 0.05) is 17.5 Å². The highest BCUT2D eigenvalue weighted by Gasteiger charge is 2.31. The summed E-state index contributed by atoms with van der Waals surface area (Å²) in [4.78, 5) is 0. The maximum Gasteiger partial charge on any atom is 0.135 e. The number of hydrogen-bond acceptors (Lipinski definition) is 2. The van der Waals surface area contributed by atoms with Crippen LogP contribution in [0.15, 0.2) is 24.3 Å². The zero-order chi connectivity index (χ0) is 11.5. The Labute approximate surface area is 90.2 Å². The molecular formula is C12H18FNO. The summed E-state index contributed by atoms with van der Waals surface area (Å²) in [5.74, 6) is 0.575. The van der Waals surface area contributed by atoms with Crippen molar-refractivity contribution in [3.8, 4) is 5.75 Å². The fourth-order valence-electron chi connectivity index (χ4n) is 1.40. The Kier molecular flexibility index (Phi) is 3.69. The van der Waals surface area contributed by atoms with Crippen LogP contribution in [-0.4, -0.2) is 13.7 Å². The maximum absolute atomic E-state index is 14.2. The van der Waals surface area contributed by atoms with Crippen LogP contribution in [0, 0.1) is 5.41 Å². The molecule has 0 aromatic heterocycles. The number of alkyl halides is 1. The zero-order valence-corrected chi connectivity index (χ0v) is 9.46. The Balaban J connectivity index is 3.05. The average molecular weight is 211 g/mol. The number of methoxy groups -OCH3 is 1. The molecule has 0 aliphatic rings. The van der Waals surface area contributed by atoms with Gasteiger partial charge in [-0.15, -0.1) is 0 Å². The lowest BCUT2D eigenvalue weighted by Gasteiger charge is -2.28. The number of nitrogens with two attached hydrogens (primary N) is 1. The summed E-state index contributed by atoms with van der Waals surface area (Å²) in [6, 6.07) is 7.12. The largest absolute Gasteiger partial charge is 0.496 e. The van der Waals surface area contributed by atoms with E-state index in [1.165, 1.54) is 0 Å². The standard InChI is InChI=1S/C12H18FNO/c1-12(2,8-14)11(13)9-6-4-5-7-10(9)15-3/h4-7,11H,8,14H2,1-3H3. The second kappa shape index (κ2) is 4.62. The molecule has 1 rings (SSSR count). The van der Waals surface area contributed by atoms with Crippen LogP contribution < -0.4 is 10.5 Å². The van der Waals surface area contributed by atoms with Crippen molar-refractivity contribution in [3.05, 3.63) is 29.8 Å². The monoisotopic (exact) mass is 211 g/mol. The van der Waals surface area contributed by atoms with Crippen molar-refractivity contribution in [3.63, 3.8) is 0 Å². The van der Waals surface area contributed by atoms with Gasteiger partial charge in [0.05, 0.1) is 7.11 Å². The molecule has 0 fully saturated rings. The predicted molar refractivity (Wildman–Crippen MR) is 59.7 cm³/mol. The quantitative estimate of drug-likeness (QED) is 0.831. The van der Waals surface area contributed by atoms with E-state index in [4.69, 9.17) is 10.5 Å². The van der Waals surface area contributed by atoms with Crippen molar-refractivity contribution in [2.45, 2.75) is 20.0 Å². The van der Waals surface area contributed by atoms with Gasteiger partial charge in [-0.05, 0) is 6.07 Å². The van der Waals surface area contributed by atoms with Gasteiger partial charge in [-0.2, -0.15) is 0 Å². The minimum absolute atomic E-state index is 0.298. The summed E-state index contributed by atoms with van der Waals surface area (Å²) in [6.45, 7) is 3.92. The number of rotatable bonds is 4. The Bertz CT molecular complexity index is 325. The molecular weight excluding hydrogens is 193 g/mol. The van der Waals surface area contributed by atoms with Crippen molar-refractivity contribution in [2.24, 2.45) is 11.1 Å². The second-order valence-corrected chi connectivity index (χ2v) is 4.30. The van der Waals surface area contributed by atoms with Gasteiger partial charge in [0.2, 0.25) is 0 Å². The minimum Gasteiger partial charge on any atom is -0.496 e. The number of halogens is 1. The summed E-state index contributed by atoms with van der Waals surface area (Å²) in [5, 5.41) is 0. The highest BCUT2D eigenvalue weighted by molar-refractivity contribution is 5.36. The Morgan fingerprint density at radius 2 is 2.00 bits per heavy atom. The Hall–Kier alpha value is -1.09. The number of hydrogen-bond donors (Lipinski definition) is 1. The molecule has 1 aromatic carbocycles. The predicted octanol–water partition coefficient (Wildman–Crippen LogP) is 2.69. The van der Waals surface area contributed by atoms with Crippen LogP contribution in [0.4, 0.5) is 4.39 Å². The minimum atomic E-state index is -1.11. The van der Waals surface area contributed by atoms with Gasteiger partial charge in [-0.25, -0.2) is 4.39 Å². The van der Waals surface area contributed by atoms with Crippen molar-refractivity contribution < 1.29 is 9.13 Å². The lowest BCUT2D eigenvalue weighted by molar-refractivity contribution is 0.149. The van der Waals surface area contributed by atoms with Gasteiger partial charge >= 0.3 is 0 Å². The fraction of sp³-hybridized carbons (Fsp3) is 0.500. The lowest BCUT2D eigenvalue weighted by atomic mass is 9.83. The summed E-state index contributed by atoms with van der Waals surface area (Å²) in [7, 11) is 1.54. The topological polar surface area (TPSA) is 35.2 Å². The first kappa shape index (κ1) is 12.0. The van der Waals surface area contributed by atoms with E-state index in [0.717, 1.165) is 0 Å². The van der Waals surface area contributed by atoms with Gasteiger partial charge in [-0.1, -0.05) is 32.0 Å². The van der Waals surface area contributed by atoms with Gasteiger partial charge in [-0.3, -0.25) is 0 Å². The SMILES string of the molecule is COc1ccccc1C(F)C(C)(C)CN. The third kappa shape index (κ3) is 2.48. The Morgan fingerprint density at radius 1 is 1.40 bits per heavy atom. The molecule has 0 amide bonds. The van der Waals surface area contributed by atoms with E-state index in [-0.39, 0.29) is 0 Å². The van der Waals surface area contributed by atoms with Gasteiger partial charge in [0.1, 0.15) is 11.9 Å². The highest BCUT2D eigenvalue weighted by atomic mass is 19.1. The van der Waals surface area contributed by atoms with Crippen LogP contribution in [-0.2, 0) is 0 Å². The van der Waals surface area contributed by atoms with E-state index in [9.17, 15) is 4.39 Å². The van der Waals surface area contributed by atoms with Crippen molar-refractivity contribution in [1.82, 2.24) is 0 Å². The zero-order valence-electron chi connectivity index (χ0n) is 9.46. The molecule has 0 aliphatic heterocycles. The molecule has 15 heavy (non-hydrogen) atoms. The molecule has 0 radical (unpaired) electrons. The number of ether oxygens (including phenoxy) is 1. The molecule has 84 valence electrons. The highest BCUT2D eigenvalue weighted by Crippen LogP contribution is 2.39. The first-order valence-electron chi connectivity index (χ1n) is 5.00. The second-order valence-electron chi connectivity index (χ2n) is 4.30. The molecule has 1 atom stereocenters. The lowest BCUT2D eigenvalue weighted by Crippen LogP contribution is -2.28. The summed E-state index contributed by atoms with van der Waals surface area (Å²) < 4.78 is 19.3. The molecule has 2 nitrogen and oxygen atoms in total. The third-order valence-electron chi connectivity index (χ3n) is 2.62. The maximum atomic E-state index is 14.2. The van der Waals surface area contributed by atoms with E-state index >= 15 is 0 Å². The van der Waals surface area contributed by atoms with Gasteiger partial charge in [0.25, 0.3) is 0 Å². The first-order chi connectivity index (χ1) is 7.03. The molecule has 0 saturated carbocycles. The summed E-state index contributed by atoms with van der Waals surface area (Å²) >= 11 is 0. The van der Waals surface area contributed by atoms with E-state index in [1.807, 2.05) is 19.9 Å². The van der Waals surface area contributed by atoms with E-state index < -0.39 is 11.6 Å².